The second kappa shape index (κ2) is 5.87. The number of ether oxygens (including phenoxy) is 1. The summed E-state index contributed by atoms with van der Waals surface area (Å²) in [5, 5.41) is 7.28. The predicted molar refractivity (Wildman–Crippen MR) is 80.9 cm³/mol. The zero-order chi connectivity index (χ0) is 14.8. The predicted octanol–water partition coefficient (Wildman–Crippen LogP) is 2.10. The number of hydrogen-bond acceptors (Lipinski definition) is 5. The van der Waals surface area contributed by atoms with Crippen LogP contribution in [0.1, 0.15) is 29.0 Å². The van der Waals surface area contributed by atoms with Gasteiger partial charge in [0.05, 0.1) is 13.2 Å². The minimum Gasteiger partial charge on any atom is -0.493 e. The molecule has 5 nitrogen and oxygen atoms in total. The van der Waals surface area contributed by atoms with Gasteiger partial charge in [0.1, 0.15) is 0 Å². The molecule has 112 valence electrons. The van der Waals surface area contributed by atoms with E-state index >= 15 is 0 Å². The Morgan fingerprint density at radius 3 is 3.05 bits per heavy atom. The summed E-state index contributed by atoms with van der Waals surface area (Å²) in [5.74, 6) is 1.09. The third-order valence-electron chi connectivity index (χ3n) is 3.94. The molecule has 1 aromatic carbocycles. The maximum Gasteiger partial charge on any atom is 0.214 e. The number of furan rings is 1. The summed E-state index contributed by atoms with van der Waals surface area (Å²) in [6.45, 7) is 1.61. The molecule has 1 unspecified atom stereocenters. The Morgan fingerprint density at radius 1 is 1.52 bits per heavy atom. The van der Waals surface area contributed by atoms with Crippen molar-refractivity contribution in [3.05, 3.63) is 29.5 Å². The molecule has 0 spiro atoms. The molecular formula is C16H20N2O3. The standard InChI is InChI=1S/C16H20N2O3/c1-17-9-10-5-6-13(20-2)16-11(10)8-14(21-16)15(19)12-4-3-7-18-12/h5-6,8,12,17-18H,3-4,7,9H2,1-2H3. The molecule has 1 aliphatic heterocycles. The molecule has 0 radical (unpaired) electrons. The van der Waals surface area contributed by atoms with Gasteiger partial charge in [0.25, 0.3) is 0 Å². The number of carbonyl (C=O) groups is 1. The fraction of sp³-hybridized carbons (Fsp3) is 0.438. The van der Waals surface area contributed by atoms with E-state index in [-0.39, 0.29) is 11.8 Å². The van der Waals surface area contributed by atoms with Gasteiger partial charge in [-0.15, -0.1) is 0 Å². The number of methoxy groups -OCH3 is 1. The zero-order valence-corrected chi connectivity index (χ0v) is 12.4. The van der Waals surface area contributed by atoms with E-state index in [0.29, 0.717) is 17.1 Å². The second-order valence-corrected chi connectivity index (χ2v) is 5.32. The highest BCUT2D eigenvalue weighted by molar-refractivity contribution is 6.02. The van der Waals surface area contributed by atoms with E-state index < -0.39 is 0 Å². The van der Waals surface area contributed by atoms with Gasteiger partial charge in [-0.1, -0.05) is 6.07 Å². The summed E-state index contributed by atoms with van der Waals surface area (Å²) in [7, 11) is 3.50. The van der Waals surface area contributed by atoms with Crippen molar-refractivity contribution in [3.63, 3.8) is 0 Å². The largest absolute Gasteiger partial charge is 0.493 e. The van der Waals surface area contributed by atoms with Gasteiger partial charge in [-0.2, -0.15) is 0 Å². The van der Waals surface area contributed by atoms with Gasteiger partial charge < -0.3 is 19.8 Å². The lowest BCUT2D eigenvalue weighted by molar-refractivity contribution is 0.0927. The summed E-state index contributed by atoms with van der Waals surface area (Å²) in [5.41, 5.74) is 1.74. The summed E-state index contributed by atoms with van der Waals surface area (Å²) in [4.78, 5) is 12.5. The number of hydrogen-bond donors (Lipinski definition) is 2. The maximum atomic E-state index is 12.5. The monoisotopic (exact) mass is 288 g/mol. The van der Waals surface area contributed by atoms with Crippen LogP contribution in [0.15, 0.2) is 22.6 Å². The second-order valence-electron chi connectivity index (χ2n) is 5.32. The van der Waals surface area contributed by atoms with Crippen LogP contribution in [0.2, 0.25) is 0 Å². The van der Waals surface area contributed by atoms with Crippen LogP contribution >= 0.6 is 0 Å². The molecule has 0 aliphatic carbocycles. The Balaban J connectivity index is 2.04. The number of ketones is 1. The molecule has 0 saturated carbocycles. The van der Waals surface area contributed by atoms with Crippen LogP contribution in [0.25, 0.3) is 11.0 Å². The third-order valence-corrected chi connectivity index (χ3v) is 3.94. The first-order valence-corrected chi connectivity index (χ1v) is 7.26. The Kier molecular flexibility index (Phi) is 3.94. The molecule has 5 heteroatoms. The lowest BCUT2D eigenvalue weighted by atomic mass is 10.1. The highest BCUT2D eigenvalue weighted by Gasteiger charge is 2.27. The Morgan fingerprint density at radius 2 is 2.38 bits per heavy atom. The Labute approximate surface area is 123 Å². The van der Waals surface area contributed by atoms with Crippen molar-refractivity contribution in [1.29, 1.82) is 0 Å². The van der Waals surface area contributed by atoms with Crippen LogP contribution in [0.3, 0.4) is 0 Å². The van der Waals surface area contributed by atoms with Gasteiger partial charge in [-0.05, 0) is 44.1 Å². The quantitative estimate of drug-likeness (QED) is 0.825. The fourth-order valence-electron chi connectivity index (χ4n) is 2.86. The van der Waals surface area contributed by atoms with E-state index in [1.54, 1.807) is 7.11 Å². The van der Waals surface area contributed by atoms with Gasteiger partial charge in [0, 0.05) is 11.9 Å². The van der Waals surface area contributed by atoms with Crippen molar-refractivity contribution < 1.29 is 13.9 Å². The normalized spacial score (nSPS) is 18.3. The maximum absolute atomic E-state index is 12.5. The van der Waals surface area contributed by atoms with Crippen LogP contribution in [-0.2, 0) is 6.54 Å². The zero-order valence-electron chi connectivity index (χ0n) is 12.4. The van der Waals surface area contributed by atoms with E-state index in [1.807, 2.05) is 25.2 Å². The summed E-state index contributed by atoms with van der Waals surface area (Å²) >= 11 is 0. The first kappa shape index (κ1) is 14.1. The minimum absolute atomic E-state index is 0.0289. The summed E-state index contributed by atoms with van der Waals surface area (Å²) in [6, 6.07) is 5.59. The number of rotatable bonds is 5. The van der Waals surface area contributed by atoms with E-state index in [9.17, 15) is 4.79 Å². The van der Waals surface area contributed by atoms with Gasteiger partial charge in [0.2, 0.25) is 5.78 Å². The number of fused-ring (bicyclic) bond motifs is 1. The summed E-state index contributed by atoms with van der Waals surface area (Å²) < 4.78 is 11.1. The molecule has 0 bridgehead atoms. The third kappa shape index (κ3) is 2.54. The molecule has 2 heterocycles. The molecule has 21 heavy (non-hydrogen) atoms. The molecule has 1 aliphatic rings. The van der Waals surface area contributed by atoms with Crippen molar-refractivity contribution >= 4 is 16.8 Å². The highest BCUT2D eigenvalue weighted by atomic mass is 16.5. The molecule has 1 atom stereocenters. The molecule has 1 aromatic heterocycles. The molecule has 0 amide bonds. The Hall–Kier alpha value is -1.85. The first-order valence-electron chi connectivity index (χ1n) is 7.26. The van der Waals surface area contributed by atoms with Crippen LogP contribution in [-0.4, -0.2) is 32.5 Å². The van der Waals surface area contributed by atoms with Gasteiger partial charge in [-0.3, -0.25) is 4.79 Å². The van der Waals surface area contributed by atoms with Crippen LogP contribution < -0.4 is 15.4 Å². The SMILES string of the molecule is CNCc1ccc(OC)c2oc(C(=O)C3CCCN3)cc12. The highest BCUT2D eigenvalue weighted by Crippen LogP contribution is 2.32. The molecule has 1 fully saturated rings. The van der Waals surface area contributed by atoms with Gasteiger partial charge in [-0.25, -0.2) is 0 Å². The smallest absolute Gasteiger partial charge is 0.214 e. The average Bonchev–Trinajstić information content (AvgIpc) is 3.16. The number of Topliss-reactive ketones (excluding diaryl/α,β-unsaturated/α-hetero) is 1. The van der Waals surface area contributed by atoms with E-state index in [1.165, 1.54) is 0 Å². The van der Waals surface area contributed by atoms with Crippen molar-refractivity contribution in [2.24, 2.45) is 0 Å². The van der Waals surface area contributed by atoms with Crippen LogP contribution in [0, 0.1) is 0 Å². The molecular weight excluding hydrogens is 268 g/mol. The van der Waals surface area contributed by atoms with E-state index in [4.69, 9.17) is 9.15 Å². The average molecular weight is 288 g/mol. The van der Waals surface area contributed by atoms with Gasteiger partial charge in [0.15, 0.2) is 17.1 Å². The van der Waals surface area contributed by atoms with Crippen LogP contribution in [0.4, 0.5) is 0 Å². The topological polar surface area (TPSA) is 63.5 Å². The lowest BCUT2D eigenvalue weighted by Gasteiger charge is -2.05. The molecule has 2 N–H and O–H groups in total. The van der Waals surface area contributed by atoms with Crippen molar-refractivity contribution in [2.75, 3.05) is 20.7 Å². The van der Waals surface area contributed by atoms with Crippen molar-refractivity contribution in [2.45, 2.75) is 25.4 Å². The van der Waals surface area contributed by atoms with Crippen molar-refractivity contribution in [3.8, 4) is 5.75 Å². The Bertz CT molecular complexity index is 657. The van der Waals surface area contributed by atoms with E-state index in [0.717, 1.165) is 36.9 Å². The number of benzene rings is 1. The fourth-order valence-corrected chi connectivity index (χ4v) is 2.86. The van der Waals surface area contributed by atoms with Gasteiger partial charge >= 0.3 is 0 Å². The molecule has 2 aromatic rings. The summed E-state index contributed by atoms with van der Waals surface area (Å²) in [6.07, 6.45) is 1.90. The van der Waals surface area contributed by atoms with Crippen LogP contribution in [0.5, 0.6) is 5.75 Å². The first-order chi connectivity index (χ1) is 10.2. The molecule has 1 saturated heterocycles. The van der Waals surface area contributed by atoms with Crippen molar-refractivity contribution in [1.82, 2.24) is 10.6 Å². The number of carbonyl (C=O) groups excluding carboxylic acids is 1. The lowest BCUT2D eigenvalue weighted by Crippen LogP contribution is -2.30. The molecule has 3 rings (SSSR count). The minimum atomic E-state index is -0.121. The van der Waals surface area contributed by atoms with E-state index in [2.05, 4.69) is 10.6 Å². The number of nitrogens with one attached hydrogen (secondary N) is 2.